The van der Waals surface area contributed by atoms with Crippen molar-refractivity contribution in [1.82, 2.24) is 0 Å². The van der Waals surface area contributed by atoms with Crippen LogP contribution in [0.5, 0.6) is 0 Å². The summed E-state index contributed by atoms with van der Waals surface area (Å²) in [7, 11) is 0. The van der Waals surface area contributed by atoms with E-state index in [1.807, 2.05) is 0 Å². The fourth-order valence-corrected chi connectivity index (χ4v) is 15.7. The molecule has 0 bridgehead atoms. The minimum absolute atomic E-state index is 0.125. The van der Waals surface area contributed by atoms with Gasteiger partial charge in [-0.2, -0.15) is 0 Å². The molecule has 0 amide bonds. The molecule has 480 valence electrons. The highest BCUT2D eigenvalue weighted by Crippen LogP contribution is 2.68. The van der Waals surface area contributed by atoms with Gasteiger partial charge < -0.3 is 134 Å². The molecule has 0 aromatic heterocycles. The summed E-state index contributed by atoms with van der Waals surface area (Å²) in [6.07, 6.45) is -34.1. The van der Waals surface area contributed by atoms with E-state index in [4.69, 9.17) is 47.4 Å². The van der Waals surface area contributed by atoms with E-state index in [1.54, 1.807) is 0 Å². The molecule has 0 spiro atoms. The lowest BCUT2D eigenvalue weighted by molar-refractivity contribution is -0.400. The number of aliphatic hydroxyl groups excluding tert-OH is 17. The molecule has 27 nitrogen and oxygen atoms in total. The second kappa shape index (κ2) is 27.0. The van der Waals surface area contributed by atoms with Gasteiger partial charge in [-0.1, -0.05) is 46.3 Å². The van der Waals surface area contributed by atoms with E-state index in [9.17, 15) is 86.8 Å². The third-order valence-electron chi connectivity index (χ3n) is 20.6. The van der Waals surface area contributed by atoms with Crippen LogP contribution < -0.4 is 0 Å². The van der Waals surface area contributed by atoms with Crippen LogP contribution in [-0.4, -0.2) is 286 Å². The second-order valence-corrected chi connectivity index (χ2v) is 26.0. The van der Waals surface area contributed by atoms with Crippen molar-refractivity contribution in [2.45, 2.75) is 258 Å². The lowest BCUT2D eigenvalue weighted by Crippen LogP contribution is -2.68. The van der Waals surface area contributed by atoms with E-state index in [0.29, 0.717) is 38.0 Å². The molecule has 83 heavy (non-hydrogen) atoms. The highest BCUT2D eigenvalue weighted by Gasteiger charge is 2.64. The first-order valence-electron chi connectivity index (χ1n) is 29.8. The summed E-state index contributed by atoms with van der Waals surface area (Å²) < 4.78 is 60.1. The third kappa shape index (κ3) is 12.8. The SMILES string of the molecule is CC(C)CC[C@H](O)[C@@H](C)[C@H]1[C@@H](O[C@@H]2O[C@H](CO)[C@@H](O)[C@H](O)[C@H]2O)C[C@H]2[C@@H]3CC=C4C[C@@H](O[C@@H]5O[C@H](CO)[C@H](O[C@@H]6O[C@H](CO)[C@@H](O[C@@H]7OC[C@@H](O)[C@H](O)[C@H]7O)[C@H](O)[C@H]6O[C@@H]6O[C@H](CO)[C@@H](O)[C@H](O)[C@H]6O)[C@H](O)[C@H]5O)CC[C@]4(C)[C@H]3CC[C@]12C. The summed E-state index contributed by atoms with van der Waals surface area (Å²) in [4.78, 5) is 0. The molecule has 27 heteroatoms. The summed E-state index contributed by atoms with van der Waals surface area (Å²) in [5, 5.41) is 184. The second-order valence-electron chi connectivity index (χ2n) is 26.0. The van der Waals surface area contributed by atoms with Crippen molar-refractivity contribution in [2.75, 3.05) is 33.0 Å². The van der Waals surface area contributed by atoms with Gasteiger partial charge in [-0.05, 0) is 104 Å². The normalized spacial score (nSPS) is 52.1. The predicted octanol–water partition coefficient (Wildman–Crippen LogP) is -4.91. The Hall–Kier alpha value is -1.34. The molecule has 8 fully saturated rings. The van der Waals surface area contributed by atoms with Gasteiger partial charge >= 0.3 is 0 Å². The molecule has 5 aliphatic heterocycles. The lowest BCUT2D eigenvalue weighted by Gasteiger charge is -2.58. The smallest absolute Gasteiger partial charge is 0.187 e. The van der Waals surface area contributed by atoms with Gasteiger partial charge in [0.05, 0.1) is 51.3 Å². The zero-order valence-corrected chi connectivity index (χ0v) is 47.7. The van der Waals surface area contributed by atoms with Crippen molar-refractivity contribution in [3.05, 3.63) is 11.6 Å². The van der Waals surface area contributed by atoms with Crippen LogP contribution in [0.3, 0.4) is 0 Å². The van der Waals surface area contributed by atoms with E-state index in [1.165, 1.54) is 5.57 Å². The summed E-state index contributed by atoms with van der Waals surface area (Å²) in [5.41, 5.74) is 0.603. The fourth-order valence-electron chi connectivity index (χ4n) is 15.7. The zero-order chi connectivity index (χ0) is 60.3. The van der Waals surface area contributed by atoms with Gasteiger partial charge in [0.1, 0.15) is 116 Å². The maximum absolute atomic E-state index is 12.0. The fraction of sp³-hybridized carbons (Fsp3) is 0.964. The molecule has 0 aromatic carbocycles. The summed E-state index contributed by atoms with van der Waals surface area (Å²) in [5.74, 6) is 0.571. The molecule has 5 saturated heterocycles. The molecule has 0 aromatic rings. The summed E-state index contributed by atoms with van der Waals surface area (Å²) in [6, 6.07) is 0. The highest BCUT2D eigenvalue weighted by molar-refractivity contribution is 5.26. The minimum Gasteiger partial charge on any atom is -0.394 e. The van der Waals surface area contributed by atoms with Crippen molar-refractivity contribution < 1.29 is 134 Å². The average Bonchev–Trinajstić information content (AvgIpc) is 1.87. The van der Waals surface area contributed by atoms with Gasteiger partial charge in [0, 0.05) is 0 Å². The van der Waals surface area contributed by atoms with Crippen molar-refractivity contribution >= 4 is 0 Å². The van der Waals surface area contributed by atoms with E-state index in [0.717, 1.165) is 25.7 Å². The topological polar surface area (TPSA) is 436 Å². The number of fused-ring (bicyclic) bond motifs is 5. The van der Waals surface area contributed by atoms with E-state index >= 15 is 0 Å². The van der Waals surface area contributed by atoms with Gasteiger partial charge in [0.2, 0.25) is 0 Å². The molecule has 0 radical (unpaired) electrons. The Labute approximate surface area is 482 Å². The van der Waals surface area contributed by atoms with Crippen LogP contribution >= 0.6 is 0 Å². The van der Waals surface area contributed by atoms with E-state index < -0.39 is 199 Å². The Balaban J connectivity index is 0.891. The molecule has 17 N–H and O–H groups in total. The molecule has 3 saturated carbocycles. The predicted molar refractivity (Wildman–Crippen MR) is 279 cm³/mol. The number of allylic oxidation sites excluding steroid dienone is 1. The summed E-state index contributed by atoms with van der Waals surface area (Å²) in [6.45, 7) is 7.14. The molecule has 9 rings (SSSR count). The Morgan fingerprint density at radius 1 is 0.530 bits per heavy atom. The third-order valence-corrected chi connectivity index (χ3v) is 20.6. The molecule has 9 aliphatic rings. The summed E-state index contributed by atoms with van der Waals surface area (Å²) >= 11 is 0. The van der Waals surface area contributed by atoms with Gasteiger partial charge in [-0.15, -0.1) is 0 Å². The number of hydrogen-bond donors (Lipinski definition) is 17. The van der Waals surface area contributed by atoms with Crippen LogP contribution in [0, 0.1) is 46.3 Å². The van der Waals surface area contributed by atoms with Crippen LogP contribution in [0.15, 0.2) is 11.6 Å². The molecule has 5 heterocycles. The molecular weight excluding hydrogens is 1100 g/mol. The first-order valence-corrected chi connectivity index (χ1v) is 29.8. The van der Waals surface area contributed by atoms with Crippen LogP contribution in [0.4, 0.5) is 0 Å². The van der Waals surface area contributed by atoms with Crippen molar-refractivity contribution in [2.24, 2.45) is 46.3 Å². The maximum Gasteiger partial charge on any atom is 0.187 e. The minimum atomic E-state index is -2.03. The number of ether oxygens (including phenoxy) is 10. The standard InChI is InChI=1S/C56H94O27/c1-21(2)6-9-28(61)22(3)35-30(76-52-43(70)39(66)37(64)31(16-57)77-52)15-27-25-8-7-23-14-24(10-12-55(23,4)26(25)11-13-56(27,35)5)75-51-45(72)41(68)47(33(18-59)79-51)82-54-49(83-53-44(71)40(67)38(65)32(17-58)78-53)46(73)48(34(19-60)80-54)81-50-42(69)36(63)29(62)20-74-50/h7,21-22,24-54,57-73H,6,8-20H2,1-5H3/t22-,24+,25-,26+,27+,28+,29-,30+,31-,32-,33-,34-,35+,36+,37-,38-,39+,40+,41-,42-,43-,44-,45-,46+,47+,48-,49-,50+,51-,52-,53+,54+,55+,56+/m1/s1. The number of rotatable bonds is 19. The first kappa shape index (κ1) is 66.1. The van der Waals surface area contributed by atoms with E-state index in [2.05, 4.69) is 40.7 Å². The van der Waals surface area contributed by atoms with Crippen molar-refractivity contribution in [3.8, 4) is 0 Å². The Kier molecular flexibility index (Phi) is 21.5. The van der Waals surface area contributed by atoms with Crippen LogP contribution in [-0.2, 0) is 47.4 Å². The quantitative estimate of drug-likeness (QED) is 0.0539. The van der Waals surface area contributed by atoms with Gasteiger partial charge in [-0.3, -0.25) is 0 Å². The molecule has 4 aliphatic carbocycles. The maximum atomic E-state index is 12.0. The Bertz CT molecular complexity index is 2110. The average molecular weight is 1200 g/mol. The van der Waals surface area contributed by atoms with Crippen LogP contribution in [0.2, 0.25) is 0 Å². The molecular formula is C56H94O27. The van der Waals surface area contributed by atoms with Crippen LogP contribution in [0.25, 0.3) is 0 Å². The molecule has 0 unspecified atom stereocenters. The highest BCUT2D eigenvalue weighted by atomic mass is 16.8. The first-order chi connectivity index (χ1) is 39.3. The van der Waals surface area contributed by atoms with E-state index in [-0.39, 0.29) is 40.4 Å². The van der Waals surface area contributed by atoms with Crippen LogP contribution in [0.1, 0.15) is 92.4 Å². The lowest BCUT2D eigenvalue weighted by atomic mass is 9.47. The zero-order valence-electron chi connectivity index (χ0n) is 47.7. The van der Waals surface area contributed by atoms with Gasteiger partial charge in [-0.25, -0.2) is 0 Å². The Morgan fingerprint density at radius 2 is 1.05 bits per heavy atom. The largest absolute Gasteiger partial charge is 0.394 e. The van der Waals surface area contributed by atoms with Crippen molar-refractivity contribution in [3.63, 3.8) is 0 Å². The van der Waals surface area contributed by atoms with Gasteiger partial charge in [0.15, 0.2) is 31.5 Å². The number of aliphatic hydroxyl groups is 17. The molecule has 34 atom stereocenters. The van der Waals surface area contributed by atoms with Gasteiger partial charge in [0.25, 0.3) is 0 Å². The van der Waals surface area contributed by atoms with Crippen molar-refractivity contribution in [1.29, 1.82) is 0 Å². The Morgan fingerprint density at radius 3 is 1.65 bits per heavy atom. The number of hydrogen-bond acceptors (Lipinski definition) is 27. The monoisotopic (exact) mass is 1200 g/mol.